The lowest BCUT2D eigenvalue weighted by Gasteiger charge is -2.09. The topological polar surface area (TPSA) is 26.2 Å². The molecule has 0 fully saturated rings. The van der Waals surface area contributed by atoms with Crippen molar-refractivity contribution in [2.75, 3.05) is 19.7 Å². The van der Waals surface area contributed by atoms with Gasteiger partial charge in [0.15, 0.2) is 0 Å². The van der Waals surface area contributed by atoms with Crippen LogP contribution < -0.4 is 10.1 Å². The Morgan fingerprint density at radius 2 is 1.81 bits per heavy atom. The minimum absolute atomic E-state index is 0.695. The summed E-state index contributed by atoms with van der Waals surface area (Å²) in [4.78, 5) is 0. The number of para-hydroxylation sites is 2. The third-order valence-corrected chi connectivity index (χ3v) is 3.85. The summed E-state index contributed by atoms with van der Waals surface area (Å²) in [6, 6.07) is 14.8. The quantitative estimate of drug-likeness (QED) is 0.698. The molecule has 0 radical (unpaired) electrons. The number of aryl methyl sites for hydroxylation is 1. The first-order chi connectivity index (χ1) is 10.3. The maximum Gasteiger partial charge on any atom is 0.143 e. The van der Waals surface area contributed by atoms with Gasteiger partial charge in [-0.15, -0.1) is 0 Å². The van der Waals surface area contributed by atoms with Crippen LogP contribution >= 0.6 is 0 Å². The highest BCUT2D eigenvalue weighted by atomic mass is 16.5. The highest BCUT2D eigenvalue weighted by molar-refractivity contribution is 6.09. The van der Waals surface area contributed by atoms with E-state index in [4.69, 9.17) is 4.74 Å². The van der Waals surface area contributed by atoms with E-state index in [1.807, 2.05) is 0 Å². The van der Waals surface area contributed by atoms with Gasteiger partial charge in [-0.3, -0.25) is 0 Å². The van der Waals surface area contributed by atoms with Crippen molar-refractivity contribution in [2.45, 2.75) is 13.3 Å². The van der Waals surface area contributed by atoms with E-state index in [2.05, 4.69) is 66.3 Å². The lowest BCUT2D eigenvalue weighted by molar-refractivity contribution is 0.317. The summed E-state index contributed by atoms with van der Waals surface area (Å²) >= 11 is 0. The van der Waals surface area contributed by atoms with Gasteiger partial charge in [-0.1, -0.05) is 37.3 Å². The Kier molecular flexibility index (Phi) is 4.11. The van der Waals surface area contributed by atoms with E-state index in [0.717, 1.165) is 25.3 Å². The third kappa shape index (κ3) is 2.61. The van der Waals surface area contributed by atoms with E-state index < -0.39 is 0 Å². The molecular formula is C18H22N2O. The molecule has 0 atom stereocenters. The predicted molar refractivity (Wildman–Crippen MR) is 89.1 cm³/mol. The van der Waals surface area contributed by atoms with E-state index in [1.54, 1.807) is 0 Å². The number of nitrogens with one attached hydrogen (secondary N) is 1. The average molecular weight is 282 g/mol. The fourth-order valence-corrected chi connectivity index (χ4v) is 2.85. The number of benzene rings is 2. The largest absolute Gasteiger partial charge is 0.490 e. The maximum atomic E-state index is 5.99. The SMILES string of the molecule is CCCNCCOc1cccc2c3ccccc3n(C)c12. The number of ether oxygens (including phenoxy) is 1. The molecule has 1 aromatic heterocycles. The third-order valence-electron chi connectivity index (χ3n) is 3.85. The Balaban J connectivity index is 1.92. The molecular weight excluding hydrogens is 260 g/mol. The molecule has 3 rings (SSSR count). The van der Waals surface area contributed by atoms with Crippen LogP contribution in [0, 0.1) is 0 Å². The summed E-state index contributed by atoms with van der Waals surface area (Å²) in [6.45, 7) is 4.79. The van der Waals surface area contributed by atoms with Crippen LogP contribution in [0.4, 0.5) is 0 Å². The number of aromatic nitrogens is 1. The standard InChI is InChI=1S/C18H22N2O/c1-3-11-19-12-13-21-17-10-6-8-15-14-7-4-5-9-16(14)20(2)18(15)17/h4-10,19H,3,11-13H2,1-2H3. The van der Waals surface area contributed by atoms with Crippen LogP contribution in [0.25, 0.3) is 21.8 Å². The lowest BCUT2D eigenvalue weighted by Crippen LogP contribution is -2.21. The smallest absolute Gasteiger partial charge is 0.143 e. The number of rotatable bonds is 6. The summed E-state index contributed by atoms with van der Waals surface area (Å²) in [5.41, 5.74) is 2.42. The van der Waals surface area contributed by atoms with Crippen molar-refractivity contribution in [1.29, 1.82) is 0 Å². The Bertz CT molecular complexity index is 745. The second-order valence-electron chi connectivity index (χ2n) is 5.33. The number of hydrogen-bond donors (Lipinski definition) is 1. The van der Waals surface area contributed by atoms with Crippen LogP contribution in [0.1, 0.15) is 13.3 Å². The molecule has 21 heavy (non-hydrogen) atoms. The molecule has 2 aromatic carbocycles. The van der Waals surface area contributed by atoms with Crippen molar-refractivity contribution in [3.8, 4) is 5.75 Å². The van der Waals surface area contributed by atoms with Crippen LogP contribution in [-0.4, -0.2) is 24.3 Å². The van der Waals surface area contributed by atoms with Gasteiger partial charge in [-0.05, 0) is 25.1 Å². The Hall–Kier alpha value is -2.00. The fraction of sp³-hybridized carbons (Fsp3) is 0.333. The van der Waals surface area contributed by atoms with Gasteiger partial charge < -0.3 is 14.6 Å². The van der Waals surface area contributed by atoms with Gasteiger partial charge in [-0.2, -0.15) is 0 Å². The van der Waals surface area contributed by atoms with Crippen molar-refractivity contribution in [3.05, 3.63) is 42.5 Å². The highest BCUT2D eigenvalue weighted by Gasteiger charge is 2.11. The van der Waals surface area contributed by atoms with Crippen molar-refractivity contribution in [3.63, 3.8) is 0 Å². The zero-order chi connectivity index (χ0) is 14.7. The van der Waals surface area contributed by atoms with E-state index in [-0.39, 0.29) is 0 Å². The zero-order valence-electron chi connectivity index (χ0n) is 12.7. The molecule has 3 nitrogen and oxygen atoms in total. The fourth-order valence-electron chi connectivity index (χ4n) is 2.85. The summed E-state index contributed by atoms with van der Waals surface area (Å²) in [5.74, 6) is 0.962. The molecule has 110 valence electrons. The first kappa shape index (κ1) is 14.0. The van der Waals surface area contributed by atoms with Gasteiger partial charge in [-0.25, -0.2) is 0 Å². The molecule has 3 aromatic rings. The first-order valence-corrected chi connectivity index (χ1v) is 7.62. The lowest BCUT2D eigenvalue weighted by atomic mass is 10.1. The summed E-state index contributed by atoms with van der Waals surface area (Å²) in [7, 11) is 2.10. The molecule has 0 saturated carbocycles. The first-order valence-electron chi connectivity index (χ1n) is 7.62. The van der Waals surface area contributed by atoms with Gasteiger partial charge >= 0.3 is 0 Å². The number of hydrogen-bond acceptors (Lipinski definition) is 2. The Labute approximate surface area is 125 Å². The van der Waals surface area contributed by atoms with E-state index in [1.165, 1.54) is 21.8 Å². The van der Waals surface area contributed by atoms with E-state index in [0.29, 0.717) is 6.61 Å². The molecule has 3 heteroatoms. The van der Waals surface area contributed by atoms with Gasteiger partial charge in [0.25, 0.3) is 0 Å². The maximum absolute atomic E-state index is 5.99. The predicted octanol–water partition coefficient (Wildman–Crippen LogP) is 3.71. The number of fused-ring (bicyclic) bond motifs is 3. The molecule has 0 amide bonds. The van der Waals surface area contributed by atoms with Crippen LogP contribution in [0.3, 0.4) is 0 Å². The van der Waals surface area contributed by atoms with Crippen molar-refractivity contribution < 1.29 is 4.74 Å². The Morgan fingerprint density at radius 3 is 2.67 bits per heavy atom. The molecule has 0 aliphatic rings. The van der Waals surface area contributed by atoms with Gasteiger partial charge in [0, 0.05) is 29.9 Å². The van der Waals surface area contributed by atoms with Crippen LogP contribution in [0.2, 0.25) is 0 Å². The molecule has 1 N–H and O–H groups in total. The van der Waals surface area contributed by atoms with Crippen LogP contribution in [0.5, 0.6) is 5.75 Å². The Morgan fingerprint density at radius 1 is 1.00 bits per heavy atom. The van der Waals surface area contributed by atoms with Crippen LogP contribution in [0.15, 0.2) is 42.5 Å². The molecule has 0 aliphatic carbocycles. The second kappa shape index (κ2) is 6.19. The van der Waals surface area contributed by atoms with Crippen LogP contribution in [-0.2, 0) is 7.05 Å². The van der Waals surface area contributed by atoms with Crippen molar-refractivity contribution >= 4 is 21.8 Å². The molecule has 0 unspecified atom stereocenters. The molecule has 0 spiro atoms. The second-order valence-corrected chi connectivity index (χ2v) is 5.33. The minimum atomic E-state index is 0.695. The van der Waals surface area contributed by atoms with Gasteiger partial charge in [0.05, 0.1) is 5.52 Å². The summed E-state index contributed by atoms with van der Waals surface area (Å²) < 4.78 is 8.21. The van der Waals surface area contributed by atoms with E-state index in [9.17, 15) is 0 Å². The average Bonchev–Trinajstić information content (AvgIpc) is 2.82. The van der Waals surface area contributed by atoms with Gasteiger partial charge in [0.1, 0.15) is 12.4 Å². The number of nitrogens with zero attached hydrogens (tertiary/aromatic N) is 1. The van der Waals surface area contributed by atoms with E-state index >= 15 is 0 Å². The van der Waals surface area contributed by atoms with Crippen molar-refractivity contribution in [2.24, 2.45) is 7.05 Å². The molecule has 0 aliphatic heterocycles. The summed E-state index contributed by atoms with van der Waals surface area (Å²) in [5, 5.41) is 5.90. The molecule has 0 saturated heterocycles. The molecule has 0 bridgehead atoms. The monoisotopic (exact) mass is 282 g/mol. The zero-order valence-corrected chi connectivity index (χ0v) is 12.7. The minimum Gasteiger partial charge on any atom is -0.490 e. The molecule has 1 heterocycles. The summed E-state index contributed by atoms with van der Waals surface area (Å²) in [6.07, 6.45) is 1.15. The van der Waals surface area contributed by atoms with Gasteiger partial charge in [0.2, 0.25) is 0 Å². The highest BCUT2D eigenvalue weighted by Crippen LogP contribution is 2.33. The normalized spacial score (nSPS) is 11.3. The van der Waals surface area contributed by atoms with Crippen molar-refractivity contribution in [1.82, 2.24) is 9.88 Å².